The van der Waals surface area contributed by atoms with Gasteiger partial charge in [0.15, 0.2) is 5.78 Å². The number of esters is 1. The Morgan fingerprint density at radius 2 is 1.72 bits per heavy atom. The maximum atomic E-state index is 12.5. The summed E-state index contributed by atoms with van der Waals surface area (Å²) in [6.45, 7) is 2.07. The van der Waals surface area contributed by atoms with Gasteiger partial charge in [0.2, 0.25) is 0 Å². The van der Waals surface area contributed by atoms with Crippen molar-refractivity contribution < 1.29 is 14.3 Å². The molecule has 3 nitrogen and oxygen atoms in total. The molecule has 0 N–H and O–H groups in total. The lowest BCUT2D eigenvalue weighted by atomic mass is 9.97. The summed E-state index contributed by atoms with van der Waals surface area (Å²) in [6.07, 6.45) is 0.192. The molecule has 0 bridgehead atoms. The molecule has 0 aliphatic rings. The lowest BCUT2D eigenvalue weighted by Gasteiger charge is -2.07. The summed E-state index contributed by atoms with van der Waals surface area (Å²) in [5.74, 6) is -0.410. The minimum Gasteiger partial charge on any atom is -0.465 e. The Morgan fingerprint density at radius 3 is 2.40 bits per heavy atom. The smallest absolute Gasteiger partial charge is 0.348 e. The highest BCUT2D eigenvalue weighted by Gasteiger charge is 2.17. The number of ether oxygens (including phenoxy) is 1. The largest absolute Gasteiger partial charge is 0.465 e. The predicted octanol–water partition coefficient (Wildman–Crippen LogP) is 4.94. The fraction of sp³-hybridized carbons (Fsp3) is 0.143. The minimum atomic E-state index is -0.396. The average Bonchev–Trinajstić information content (AvgIpc) is 3.09. The summed E-state index contributed by atoms with van der Waals surface area (Å²) in [4.78, 5) is 24.8. The highest BCUT2D eigenvalue weighted by atomic mass is 32.1. The van der Waals surface area contributed by atoms with Crippen molar-refractivity contribution in [3.05, 3.63) is 81.5 Å². The van der Waals surface area contributed by atoms with Crippen molar-refractivity contribution in [3.8, 4) is 11.1 Å². The van der Waals surface area contributed by atoms with Crippen LogP contribution in [0, 0.1) is 6.92 Å². The van der Waals surface area contributed by atoms with Gasteiger partial charge in [-0.2, -0.15) is 0 Å². The Balaban J connectivity index is 1.79. The highest BCUT2D eigenvalue weighted by molar-refractivity contribution is 7.12. The second kappa shape index (κ2) is 7.45. The van der Waals surface area contributed by atoms with E-state index in [9.17, 15) is 9.59 Å². The molecule has 126 valence electrons. The zero-order chi connectivity index (χ0) is 17.8. The summed E-state index contributed by atoms with van der Waals surface area (Å²) >= 11 is 1.29. The van der Waals surface area contributed by atoms with Gasteiger partial charge in [0.1, 0.15) is 4.88 Å². The van der Waals surface area contributed by atoms with Crippen molar-refractivity contribution >= 4 is 23.1 Å². The van der Waals surface area contributed by atoms with E-state index in [-0.39, 0.29) is 12.2 Å². The molecule has 1 heterocycles. The van der Waals surface area contributed by atoms with Crippen LogP contribution in [-0.4, -0.2) is 18.9 Å². The normalized spacial score (nSPS) is 10.5. The Labute approximate surface area is 150 Å². The molecule has 0 aliphatic carbocycles. The number of methoxy groups -OCH3 is 1. The van der Waals surface area contributed by atoms with Gasteiger partial charge in [0.05, 0.1) is 7.11 Å². The number of benzene rings is 2. The third-order valence-corrected chi connectivity index (χ3v) is 5.07. The Hall–Kier alpha value is -2.72. The van der Waals surface area contributed by atoms with Crippen LogP contribution >= 0.6 is 11.3 Å². The summed E-state index contributed by atoms with van der Waals surface area (Å²) in [6, 6.07) is 17.6. The van der Waals surface area contributed by atoms with Crippen molar-refractivity contribution in [2.45, 2.75) is 13.3 Å². The number of aryl methyl sites for hydroxylation is 1. The summed E-state index contributed by atoms with van der Waals surface area (Å²) in [5.41, 5.74) is 4.79. The fourth-order valence-corrected chi connectivity index (χ4v) is 3.59. The summed E-state index contributed by atoms with van der Waals surface area (Å²) in [7, 11) is 1.35. The summed E-state index contributed by atoms with van der Waals surface area (Å²) in [5, 5.41) is 1.80. The molecule has 0 fully saturated rings. The van der Waals surface area contributed by atoms with Gasteiger partial charge in [0.25, 0.3) is 0 Å². The van der Waals surface area contributed by atoms with Crippen LogP contribution in [0.4, 0.5) is 0 Å². The van der Waals surface area contributed by atoms with Crippen LogP contribution in [-0.2, 0) is 11.2 Å². The van der Waals surface area contributed by atoms with Crippen LogP contribution in [0.3, 0.4) is 0 Å². The van der Waals surface area contributed by atoms with E-state index < -0.39 is 5.97 Å². The molecule has 0 spiro atoms. The minimum absolute atomic E-state index is 0.0140. The highest BCUT2D eigenvalue weighted by Crippen LogP contribution is 2.24. The van der Waals surface area contributed by atoms with Gasteiger partial charge in [-0.25, -0.2) is 4.79 Å². The predicted molar refractivity (Wildman–Crippen MR) is 100 cm³/mol. The lowest BCUT2D eigenvalue weighted by Crippen LogP contribution is -2.07. The van der Waals surface area contributed by atoms with E-state index in [1.807, 2.05) is 36.4 Å². The molecule has 2 aromatic carbocycles. The van der Waals surface area contributed by atoms with Gasteiger partial charge < -0.3 is 4.74 Å². The van der Waals surface area contributed by atoms with Crippen LogP contribution in [0.15, 0.2) is 60.0 Å². The fourth-order valence-electron chi connectivity index (χ4n) is 2.75. The van der Waals surface area contributed by atoms with Crippen LogP contribution in [0.5, 0.6) is 0 Å². The first-order valence-corrected chi connectivity index (χ1v) is 8.82. The van der Waals surface area contributed by atoms with Crippen LogP contribution in [0.1, 0.15) is 31.2 Å². The van der Waals surface area contributed by atoms with Crippen molar-refractivity contribution in [1.29, 1.82) is 0 Å². The van der Waals surface area contributed by atoms with E-state index in [4.69, 9.17) is 4.74 Å². The van der Waals surface area contributed by atoms with E-state index in [1.165, 1.54) is 24.0 Å². The Kier molecular flexibility index (Phi) is 5.10. The van der Waals surface area contributed by atoms with Crippen LogP contribution in [0.25, 0.3) is 11.1 Å². The van der Waals surface area contributed by atoms with E-state index >= 15 is 0 Å². The number of carbonyl (C=O) groups is 2. The van der Waals surface area contributed by atoms with Crippen molar-refractivity contribution in [3.63, 3.8) is 0 Å². The van der Waals surface area contributed by atoms with E-state index in [0.717, 1.165) is 11.1 Å². The first-order valence-electron chi connectivity index (χ1n) is 7.94. The molecular weight excluding hydrogens is 332 g/mol. The monoisotopic (exact) mass is 350 g/mol. The van der Waals surface area contributed by atoms with Gasteiger partial charge in [0, 0.05) is 12.0 Å². The van der Waals surface area contributed by atoms with Gasteiger partial charge >= 0.3 is 5.97 Å². The van der Waals surface area contributed by atoms with Crippen molar-refractivity contribution in [2.75, 3.05) is 7.11 Å². The number of rotatable bonds is 5. The number of ketones is 1. The van der Waals surface area contributed by atoms with Crippen LogP contribution in [0.2, 0.25) is 0 Å². The first kappa shape index (κ1) is 17.1. The molecule has 0 aliphatic heterocycles. The van der Waals surface area contributed by atoms with Crippen molar-refractivity contribution in [2.24, 2.45) is 0 Å². The molecule has 0 atom stereocenters. The first-order chi connectivity index (χ1) is 12.1. The average molecular weight is 350 g/mol. The van der Waals surface area contributed by atoms with E-state index in [1.54, 1.807) is 11.4 Å². The molecule has 4 heteroatoms. The second-order valence-electron chi connectivity index (χ2n) is 5.76. The number of Topliss-reactive ketones (excluding diaryl/α,β-unsaturated/α-hetero) is 1. The number of carbonyl (C=O) groups excluding carboxylic acids is 2. The molecular formula is C21H18O3S. The third-order valence-electron chi connectivity index (χ3n) is 4.13. The lowest BCUT2D eigenvalue weighted by molar-refractivity contribution is 0.0605. The maximum Gasteiger partial charge on any atom is 0.348 e. The molecule has 0 amide bonds. The molecule has 0 saturated heterocycles. The Morgan fingerprint density at radius 1 is 1.00 bits per heavy atom. The van der Waals surface area contributed by atoms with Gasteiger partial charge in [-0.15, -0.1) is 11.3 Å². The molecule has 0 unspecified atom stereocenters. The molecule has 25 heavy (non-hydrogen) atoms. The molecule has 1 aromatic heterocycles. The molecule has 0 saturated carbocycles. The SMILES string of the molecule is COC(=O)c1sccc1CC(=O)c1ccc(-c2ccccc2C)cc1. The number of hydrogen-bond donors (Lipinski definition) is 0. The second-order valence-corrected chi connectivity index (χ2v) is 6.67. The van der Waals surface area contributed by atoms with E-state index in [0.29, 0.717) is 16.0 Å². The number of hydrogen-bond acceptors (Lipinski definition) is 4. The molecule has 0 radical (unpaired) electrons. The molecule has 3 aromatic rings. The van der Waals surface area contributed by atoms with Crippen molar-refractivity contribution in [1.82, 2.24) is 0 Å². The standard InChI is InChI=1S/C21H18O3S/c1-14-5-3-4-6-18(14)15-7-9-16(10-8-15)19(22)13-17-11-12-25-20(17)21(23)24-2/h3-12H,13H2,1-2H3. The zero-order valence-corrected chi connectivity index (χ0v) is 14.9. The Bertz CT molecular complexity index is 907. The third kappa shape index (κ3) is 3.69. The summed E-state index contributed by atoms with van der Waals surface area (Å²) < 4.78 is 4.76. The number of thiophene rings is 1. The topological polar surface area (TPSA) is 43.4 Å². The van der Waals surface area contributed by atoms with Gasteiger partial charge in [-0.05, 0) is 40.6 Å². The quantitative estimate of drug-likeness (QED) is 0.484. The van der Waals surface area contributed by atoms with Gasteiger partial charge in [-0.1, -0.05) is 48.5 Å². The maximum absolute atomic E-state index is 12.5. The van der Waals surface area contributed by atoms with E-state index in [2.05, 4.69) is 19.1 Å². The molecule has 3 rings (SSSR count). The van der Waals surface area contributed by atoms with Crippen LogP contribution < -0.4 is 0 Å². The zero-order valence-electron chi connectivity index (χ0n) is 14.1. The van der Waals surface area contributed by atoms with Gasteiger partial charge in [-0.3, -0.25) is 4.79 Å².